The number of carbonyl (C=O) groups is 2. The Bertz CT molecular complexity index is 736. The van der Waals surface area contributed by atoms with Gasteiger partial charge < -0.3 is 10.2 Å². The Morgan fingerprint density at radius 3 is 2.91 bits per heavy atom. The summed E-state index contributed by atoms with van der Waals surface area (Å²) in [6, 6.07) is 4.21. The SMILES string of the molecule is O=C(Nc1nccs1)[C@@H]1CCCN1C(=O)c1cc(Cl)ccc1Cl. The number of hydrogen-bond donors (Lipinski definition) is 1. The van der Waals surface area contributed by atoms with Crippen molar-refractivity contribution < 1.29 is 9.59 Å². The van der Waals surface area contributed by atoms with Crippen LogP contribution in [-0.2, 0) is 4.79 Å². The van der Waals surface area contributed by atoms with Crippen LogP contribution in [-0.4, -0.2) is 34.3 Å². The topological polar surface area (TPSA) is 62.3 Å². The van der Waals surface area contributed by atoms with Gasteiger partial charge >= 0.3 is 0 Å². The highest BCUT2D eigenvalue weighted by molar-refractivity contribution is 7.13. The van der Waals surface area contributed by atoms with E-state index in [2.05, 4.69) is 10.3 Å². The Hall–Kier alpha value is -1.63. The van der Waals surface area contributed by atoms with Gasteiger partial charge in [0.25, 0.3) is 5.91 Å². The molecule has 1 atom stereocenters. The van der Waals surface area contributed by atoms with Crippen molar-refractivity contribution in [1.82, 2.24) is 9.88 Å². The molecule has 0 spiro atoms. The van der Waals surface area contributed by atoms with Crippen molar-refractivity contribution in [2.24, 2.45) is 0 Å². The van der Waals surface area contributed by atoms with Crippen LogP contribution in [0.15, 0.2) is 29.8 Å². The molecule has 0 saturated carbocycles. The van der Waals surface area contributed by atoms with Crippen LogP contribution in [0.3, 0.4) is 0 Å². The average Bonchev–Trinajstić information content (AvgIpc) is 3.20. The number of benzene rings is 1. The van der Waals surface area contributed by atoms with Crippen molar-refractivity contribution >= 4 is 51.5 Å². The first-order valence-corrected chi connectivity index (χ1v) is 8.66. The van der Waals surface area contributed by atoms with E-state index in [1.807, 2.05) is 0 Å². The molecule has 1 aliphatic rings. The van der Waals surface area contributed by atoms with Crippen LogP contribution in [0.2, 0.25) is 10.0 Å². The number of amides is 2. The average molecular weight is 370 g/mol. The summed E-state index contributed by atoms with van der Waals surface area (Å²) in [4.78, 5) is 30.7. The summed E-state index contributed by atoms with van der Waals surface area (Å²) in [5.41, 5.74) is 0.313. The summed E-state index contributed by atoms with van der Waals surface area (Å²) < 4.78 is 0. The number of carbonyl (C=O) groups excluding carboxylic acids is 2. The zero-order chi connectivity index (χ0) is 16.4. The molecule has 2 aromatic rings. The van der Waals surface area contributed by atoms with E-state index in [1.54, 1.807) is 28.6 Å². The lowest BCUT2D eigenvalue weighted by Crippen LogP contribution is -2.43. The molecule has 0 radical (unpaired) electrons. The molecule has 2 amide bonds. The highest BCUT2D eigenvalue weighted by Crippen LogP contribution is 2.27. The van der Waals surface area contributed by atoms with Crippen molar-refractivity contribution in [1.29, 1.82) is 0 Å². The molecular weight excluding hydrogens is 357 g/mol. The molecule has 1 fully saturated rings. The number of rotatable bonds is 3. The number of likely N-dealkylation sites (tertiary alicyclic amines) is 1. The molecule has 2 heterocycles. The predicted molar refractivity (Wildman–Crippen MR) is 91.3 cm³/mol. The number of aromatic nitrogens is 1. The summed E-state index contributed by atoms with van der Waals surface area (Å²) in [7, 11) is 0. The number of nitrogens with one attached hydrogen (secondary N) is 1. The summed E-state index contributed by atoms with van der Waals surface area (Å²) >= 11 is 13.4. The van der Waals surface area contributed by atoms with Gasteiger partial charge in [-0.1, -0.05) is 23.2 Å². The van der Waals surface area contributed by atoms with Gasteiger partial charge in [-0.15, -0.1) is 11.3 Å². The number of thiazole rings is 1. The van der Waals surface area contributed by atoms with E-state index in [9.17, 15) is 9.59 Å². The zero-order valence-electron chi connectivity index (χ0n) is 12.0. The van der Waals surface area contributed by atoms with Crippen LogP contribution < -0.4 is 5.32 Å². The Morgan fingerprint density at radius 2 is 2.17 bits per heavy atom. The molecular formula is C15H13Cl2N3O2S. The van der Waals surface area contributed by atoms with Crippen molar-refractivity contribution in [2.45, 2.75) is 18.9 Å². The fraction of sp³-hybridized carbons (Fsp3) is 0.267. The molecule has 8 heteroatoms. The van der Waals surface area contributed by atoms with Gasteiger partial charge in [-0.3, -0.25) is 9.59 Å². The van der Waals surface area contributed by atoms with E-state index in [0.29, 0.717) is 33.7 Å². The fourth-order valence-corrected chi connectivity index (χ4v) is 3.47. The summed E-state index contributed by atoms with van der Waals surface area (Å²) in [6.45, 7) is 0.512. The maximum absolute atomic E-state index is 12.7. The van der Waals surface area contributed by atoms with Gasteiger partial charge in [0.1, 0.15) is 6.04 Å². The summed E-state index contributed by atoms with van der Waals surface area (Å²) in [5, 5.41) is 5.80. The third-order valence-corrected chi connectivity index (χ3v) is 4.89. The molecule has 1 saturated heterocycles. The van der Waals surface area contributed by atoms with Gasteiger partial charge in [-0.05, 0) is 31.0 Å². The van der Waals surface area contributed by atoms with Gasteiger partial charge in [0.2, 0.25) is 5.91 Å². The highest BCUT2D eigenvalue weighted by Gasteiger charge is 2.35. The lowest BCUT2D eigenvalue weighted by molar-refractivity contribution is -0.119. The zero-order valence-corrected chi connectivity index (χ0v) is 14.3. The quantitative estimate of drug-likeness (QED) is 0.896. The van der Waals surface area contributed by atoms with Crippen LogP contribution >= 0.6 is 34.5 Å². The Morgan fingerprint density at radius 1 is 1.35 bits per heavy atom. The minimum atomic E-state index is -0.526. The van der Waals surface area contributed by atoms with Crippen LogP contribution in [0.4, 0.5) is 5.13 Å². The summed E-state index contributed by atoms with van der Waals surface area (Å²) in [5.74, 6) is -0.516. The minimum Gasteiger partial charge on any atom is -0.327 e. The molecule has 1 aromatic heterocycles. The van der Waals surface area contributed by atoms with Gasteiger partial charge in [0.15, 0.2) is 5.13 Å². The number of halogens is 2. The maximum Gasteiger partial charge on any atom is 0.256 e. The van der Waals surface area contributed by atoms with Crippen molar-refractivity contribution in [3.05, 3.63) is 45.4 Å². The maximum atomic E-state index is 12.7. The lowest BCUT2D eigenvalue weighted by Gasteiger charge is -2.24. The smallest absolute Gasteiger partial charge is 0.256 e. The van der Waals surface area contributed by atoms with Crippen LogP contribution in [0.25, 0.3) is 0 Å². The predicted octanol–water partition coefficient (Wildman–Crippen LogP) is 3.69. The van der Waals surface area contributed by atoms with E-state index < -0.39 is 6.04 Å². The highest BCUT2D eigenvalue weighted by atomic mass is 35.5. The molecule has 0 bridgehead atoms. The normalized spacial score (nSPS) is 17.3. The van der Waals surface area contributed by atoms with Gasteiger partial charge in [-0.25, -0.2) is 4.98 Å². The van der Waals surface area contributed by atoms with Crippen LogP contribution in [0.1, 0.15) is 23.2 Å². The third-order valence-electron chi connectivity index (χ3n) is 3.64. The van der Waals surface area contributed by atoms with Crippen molar-refractivity contribution in [3.8, 4) is 0 Å². The number of anilines is 1. The number of nitrogens with zero attached hydrogens (tertiary/aromatic N) is 2. The molecule has 23 heavy (non-hydrogen) atoms. The second kappa shape index (κ2) is 6.86. The lowest BCUT2D eigenvalue weighted by atomic mass is 10.1. The second-order valence-corrected chi connectivity index (χ2v) is 6.85. The molecule has 1 aromatic carbocycles. The Balaban J connectivity index is 1.79. The van der Waals surface area contributed by atoms with Crippen molar-refractivity contribution in [2.75, 3.05) is 11.9 Å². The van der Waals surface area contributed by atoms with E-state index >= 15 is 0 Å². The van der Waals surface area contributed by atoms with E-state index in [0.717, 1.165) is 6.42 Å². The largest absolute Gasteiger partial charge is 0.327 e. The first-order chi connectivity index (χ1) is 11.1. The second-order valence-electron chi connectivity index (χ2n) is 5.11. The molecule has 1 N–H and O–H groups in total. The molecule has 5 nitrogen and oxygen atoms in total. The molecule has 1 aliphatic heterocycles. The third kappa shape index (κ3) is 3.49. The monoisotopic (exact) mass is 369 g/mol. The van der Waals surface area contributed by atoms with E-state index in [4.69, 9.17) is 23.2 Å². The minimum absolute atomic E-state index is 0.232. The van der Waals surface area contributed by atoms with Gasteiger partial charge in [0, 0.05) is 23.1 Å². The molecule has 3 rings (SSSR count). The Labute approximate surface area is 147 Å². The van der Waals surface area contributed by atoms with E-state index in [1.165, 1.54) is 17.4 Å². The standard InChI is InChI=1S/C15H13Cl2N3O2S/c16-9-3-4-11(17)10(8-9)14(22)20-6-1-2-12(20)13(21)19-15-18-5-7-23-15/h3-5,7-8,12H,1-2,6H2,(H,18,19,21)/t12-/m0/s1. The Kier molecular flexibility index (Phi) is 4.84. The molecule has 0 aliphatic carbocycles. The van der Waals surface area contributed by atoms with Gasteiger partial charge in [-0.2, -0.15) is 0 Å². The van der Waals surface area contributed by atoms with E-state index in [-0.39, 0.29) is 11.8 Å². The van der Waals surface area contributed by atoms with Gasteiger partial charge in [0.05, 0.1) is 10.6 Å². The summed E-state index contributed by atoms with van der Waals surface area (Å²) in [6.07, 6.45) is 2.99. The van der Waals surface area contributed by atoms with Crippen LogP contribution in [0, 0.1) is 0 Å². The first kappa shape index (κ1) is 16.2. The van der Waals surface area contributed by atoms with Crippen molar-refractivity contribution in [3.63, 3.8) is 0 Å². The fourth-order valence-electron chi connectivity index (χ4n) is 2.57. The first-order valence-electron chi connectivity index (χ1n) is 7.02. The molecule has 120 valence electrons. The van der Waals surface area contributed by atoms with Crippen LogP contribution in [0.5, 0.6) is 0 Å². The number of hydrogen-bond acceptors (Lipinski definition) is 4. The molecule has 0 unspecified atom stereocenters.